The van der Waals surface area contributed by atoms with Crippen molar-refractivity contribution in [3.8, 4) is 11.5 Å². The fourth-order valence-electron chi connectivity index (χ4n) is 2.64. The van der Waals surface area contributed by atoms with Gasteiger partial charge in [-0.25, -0.2) is 0 Å². The second kappa shape index (κ2) is 5.69. The van der Waals surface area contributed by atoms with Crippen LogP contribution in [-0.2, 0) is 4.79 Å². The third kappa shape index (κ3) is 2.43. The van der Waals surface area contributed by atoms with Crippen LogP contribution in [0.1, 0.15) is 12.5 Å². The number of anilines is 1. The molecule has 0 atom stereocenters. The first-order chi connectivity index (χ1) is 11.6. The zero-order valence-electron chi connectivity index (χ0n) is 12.8. The molecule has 6 heteroatoms. The average Bonchev–Trinajstić information content (AvgIpc) is 3.15. The van der Waals surface area contributed by atoms with Crippen LogP contribution < -0.4 is 14.5 Å². The van der Waals surface area contributed by atoms with Crippen LogP contribution in [0.25, 0.3) is 6.08 Å². The van der Waals surface area contributed by atoms with E-state index in [2.05, 4.69) is 5.10 Å². The van der Waals surface area contributed by atoms with Gasteiger partial charge in [0.25, 0.3) is 5.91 Å². The fourth-order valence-corrected chi connectivity index (χ4v) is 2.86. The second-order valence-corrected chi connectivity index (χ2v) is 5.83. The van der Waals surface area contributed by atoms with Crippen molar-refractivity contribution in [3.05, 3.63) is 58.6 Å². The molecule has 0 aliphatic carbocycles. The maximum absolute atomic E-state index is 12.7. The molecule has 120 valence electrons. The zero-order chi connectivity index (χ0) is 16.7. The van der Waals surface area contributed by atoms with Crippen LogP contribution in [0.15, 0.2) is 53.1 Å². The smallest absolute Gasteiger partial charge is 0.280 e. The van der Waals surface area contributed by atoms with Gasteiger partial charge in [-0.2, -0.15) is 10.1 Å². The Bertz CT molecular complexity index is 905. The number of para-hydroxylation sites is 1. The van der Waals surface area contributed by atoms with Crippen LogP contribution in [-0.4, -0.2) is 18.4 Å². The van der Waals surface area contributed by atoms with Gasteiger partial charge < -0.3 is 9.47 Å². The zero-order valence-corrected chi connectivity index (χ0v) is 13.6. The van der Waals surface area contributed by atoms with E-state index < -0.39 is 0 Å². The highest BCUT2D eigenvalue weighted by molar-refractivity contribution is 6.37. The lowest BCUT2D eigenvalue weighted by Gasteiger charge is -2.13. The third-order valence-electron chi connectivity index (χ3n) is 3.85. The molecule has 0 saturated carbocycles. The number of hydrogen-bond donors (Lipinski definition) is 0. The van der Waals surface area contributed by atoms with Gasteiger partial charge in [-0.15, -0.1) is 0 Å². The third-order valence-corrected chi connectivity index (χ3v) is 4.17. The summed E-state index contributed by atoms with van der Waals surface area (Å²) in [4.78, 5) is 12.7. The maximum Gasteiger partial charge on any atom is 0.280 e. The summed E-state index contributed by atoms with van der Waals surface area (Å²) in [6.45, 7) is 2.02. The van der Waals surface area contributed by atoms with E-state index in [4.69, 9.17) is 21.1 Å². The van der Waals surface area contributed by atoms with Crippen molar-refractivity contribution in [1.29, 1.82) is 0 Å². The van der Waals surface area contributed by atoms with Crippen LogP contribution in [0.2, 0.25) is 5.02 Å². The van der Waals surface area contributed by atoms with Crippen LogP contribution in [0.4, 0.5) is 5.69 Å². The second-order valence-electron chi connectivity index (χ2n) is 5.42. The SMILES string of the molecule is CC1=NN(c2ccccc2Cl)C(=O)/C1=C\c1ccc2c(c1)OCO2. The van der Waals surface area contributed by atoms with Gasteiger partial charge in [0.1, 0.15) is 0 Å². The molecule has 2 heterocycles. The molecule has 0 unspecified atom stereocenters. The topological polar surface area (TPSA) is 51.1 Å². The van der Waals surface area contributed by atoms with Gasteiger partial charge in [0.2, 0.25) is 6.79 Å². The lowest BCUT2D eigenvalue weighted by atomic mass is 10.1. The Balaban J connectivity index is 1.69. The number of carbonyl (C=O) groups excluding carboxylic acids is 1. The van der Waals surface area contributed by atoms with Crippen molar-refractivity contribution in [1.82, 2.24) is 0 Å². The number of hydrogen-bond acceptors (Lipinski definition) is 4. The monoisotopic (exact) mass is 340 g/mol. The number of fused-ring (bicyclic) bond motifs is 1. The Morgan fingerprint density at radius 3 is 2.79 bits per heavy atom. The molecule has 0 radical (unpaired) electrons. The molecule has 0 saturated heterocycles. The van der Waals surface area contributed by atoms with Crippen molar-refractivity contribution < 1.29 is 14.3 Å². The first kappa shape index (κ1) is 14.8. The van der Waals surface area contributed by atoms with Gasteiger partial charge in [-0.05, 0) is 42.8 Å². The highest BCUT2D eigenvalue weighted by atomic mass is 35.5. The van der Waals surface area contributed by atoms with Crippen LogP contribution >= 0.6 is 11.6 Å². The molecule has 0 N–H and O–H groups in total. The minimum absolute atomic E-state index is 0.210. The quantitative estimate of drug-likeness (QED) is 0.780. The standard InChI is InChI=1S/C18H13ClN2O3/c1-11-13(8-12-6-7-16-17(9-12)24-10-23-16)18(22)21(20-11)15-5-3-2-4-14(15)19/h2-9H,10H2,1H3/b13-8-. The number of carbonyl (C=O) groups is 1. The minimum Gasteiger partial charge on any atom is -0.454 e. The summed E-state index contributed by atoms with van der Waals surface area (Å²) in [6, 6.07) is 12.7. The summed E-state index contributed by atoms with van der Waals surface area (Å²) >= 11 is 6.18. The number of nitrogens with zero attached hydrogens (tertiary/aromatic N) is 2. The summed E-state index contributed by atoms with van der Waals surface area (Å²) in [7, 11) is 0. The number of halogens is 1. The summed E-state index contributed by atoms with van der Waals surface area (Å²) < 4.78 is 10.7. The van der Waals surface area contributed by atoms with Crippen molar-refractivity contribution in [2.75, 3.05) is 11.8 Å². The highest BCUT2D eigenvalue weighted by Gasteiger charge is 2.30. The first-order valence-electron chi connectivity index (χ1n) is 7.39. The summed E-state index contributed by atoms with van der Waals surface area (Å²) in [5.74, 6) is 1.17. The minimum atomic E-state index is -0.210. The molecule has 1 amide bonds. The Labute approximate surface area is 143 Å². The van der Waals surface area contributed by atoms with Crippen molar-refractivity contribution in [3.63, 3.8) is 0 Å². The van der Waals surface area contributed by atoms with Crippen molar-refractivity contribution in [2.45, 2.75) is 6.92 Å². The Hall–Kier alpha value is -2.79. The summed E-state index contributed by atoms with van der Waals surface area (Å²) in [5, 5.41) is 6.15. The Morgan fingerprint density at radius 1 is 1.17 bits per heavy atom. The molecule has 2 aliphatic rings. The fraction of sp³-hybridized carbons (Fsp3) is 0.111. The van der Waals surface area contributed by atoms with E-state index in [-0.39, 0.29) is 12.7 Å². The lowest BCUT2D eigenvalue weighted by molar-refractivity contribution is -0.114. The number of amides is 1. The predicted molar refractivity (Wildman–Crippen MR) is 92.6 cm³/mol. The number of ether oxygens (including phenoxy) is 2. The Kier molecular flexibility index (Phi) is 3.50. The Morgan fingerprint density at radius 2 is 1.96 bits per heavy atom. The van der Waals surface area contributed by atoms with Crippen LogP contribution in [0.3, 0.4) is 0 Å². The lowest BCUT2D eigenvalue weighted by Crippen LogP contribution is -2.21. The summed E-state index contributed by atoms with van der Waals surface area (Å²) in [6.07, 6.45) is 1.79. The molecule has 24 heavy (non-hydrogen) atoms. The highest BCUT2D eigenvalue weighted by Crippen LogP contribution is 2.34. The van der Waals surface area contributed by atoms with Gasteiger partial charge in [0, 0.05) is 0 Å². The van der Waals surface area contributed by atoms with Gasteiger partial charge in [-0.1, -0.05) is 29.8 Å². The van der Waals surface area contributed by atoms with Gasteiger partial charge in [0.15, 0.2) is 11.5 Å². The molecule has 0 aromatic heterocycles. The predicted octanol–water partition coefficient (Wildman–Crippen LogP) is 3.87. The van der Waals surface area contributed by atoms with E-state index in [0.717, 1.165) is 5.56 Å². The molecular formula is C18H13ClN2O3. The van der Waals surface area contributed by atoms with Gasteiger partial charge >= 0.3 is 0 Å². The molecule has 5 nitrogen and oxygen atoms in total. The van der Waals surface area contributed by atoms with E-state index in [1.165, 1.54) is 5.01 Å². The van der Waals surface area contributed by atoms with Gasteiger partial charge in [0.05, 0.1) is 22.0 Å². The number of hydrazone groups is 1. The van der Waals surface area contributed by atoms with E-state index in [0.29, 0.717) is 33.5 Å². The van der Waals surface area contributed by atoms with Crippen LogP contribution in [0, 0.1) is 0 Å². The number of rotatable bonds is 2. The molecular weight excluding hydrogens is 328 g/mol. The molecule has 2 aliphatic heterocycles. The van der Waals surface area contributed by atoms with E-state index >= 15 is 0 Å². The molecule has 0 bridgehead atoms. The van der Waals surface area contributed by atoms with Gasteiger partial charge in [-0.3, -0.25) is 4.79 Å². The normalized spacial score (nSPS) is 17.6. The first-order valence-corrected chi connectivity index (χ1v) is 7.77. The van der Waals surface area contributed by atoms with E-state index in [9.17, 15) is 4.79 Å². The van der Waals surface area contributed by atoms with Crippen LogP contribution in [0.5, 0.6) is 11.5 Å². The molecule has 2 aromatic carbocycles. The molecule has 0 fully saturated rings. The van der Waals surface area contributed by atoms with E-state index in [1.54, 1.807) is 25.1 Å². The maximum atomic E-state index is 12.7. The summed E-state index contributed by atoms with van der Waals surface area (Å²) in [5.41, 5.74) is 2.57. The largest absolute Gasteiger partial charge is 0.454 e. The average molecular weight is 341 g/mol. The number of benzene rings is 2. The molecule has 0 spiro atoms. The van der Waals surface area contributed by atoms with Crippen molar-refractivity contribution in [2.24, 2.45) is 5.10 Å². The molecule has 2 aromatic rings. The van der Waals surface area contributed by atoms with Crippen molar-refractivity contribution >= 4 is 35.0 Å². The van der Waals surface area contributed by atoms with E-state index in [1.807, 2.05) is 30.3 Å². The molecule has 4 rings (SSSR count).